The zero-order valence-electron chi connectivity index (χ0n) is 11.4. The van der Waals surface area contributed by atoms with Crippen molar-refractivity contribution in [3.05, 3.63) is 0 Å². The van der Waals surface area contributed by atoms with E-state index in [2.05, 4.69) is 0 Å². The summed E-state index contributed by atoms with van der Waals surface area (Å²) < 4.78 is 5.21. The highest BCUT2D eigenvalue weighted by Crippen LogP contribution is 2.21. The predicted octanol–water partition coefficient (Wildman–Crippen LogP) is 2.36. The number of piperidine rings is 1. The molecule has 1 heterocycles. The van der Waals surface area contributed by atoms with Gasteiger partial charge < -0.3 is 14.7 Å². The molecule has 0 unspecified atom stereocenters. The summed E-state index contributed by atoms with van der Waals surface area (Å²) in [5.41, 5.74) is -0.452. The highest BCUT2D eigenvalue weighted by Gasteiger charge is 2.25. The zero-order valence-corrected chi connectivity index (χ0v) is 11.4. The second-order valence-corrected chi connectivity index (χ2v) is 5.89. The van der Waals surface area contributed by atoms with E-state index in [4.69, 9.17) is 9.84 Å². The number of nitrogens with zero attached hydrogens (tertiary/aromatic N) is 1. The molecule has 1 N–H and O–H groups in total. The lowest BCUT2D eigenvalue weighted by molar-refractivity contribution is -0.153. The average Bonchev–Trinajstić information content (AvgIpc) is 2.28. The zero-order chi connectivity index (χ0) is 13.8. The highest BCUT2D eigenvalue weighted by atomic mass is 16.5. The lowest BCUT2D eigenvalue weighted by Gasteiger charge is -2.30. The molecule has 0 aromatic heterocycles. The summed E-state index contributed by atoms with van der Waals surface area (Å²) in [7, 11) is 0. The first-order valence-corrected chi connectivity index (χ1v) is 6.46. The second-order valence-electron chi connectivity index (χ2n) is 5.89. The number of ether oxygens (including phenoxy) is 1. The van der Waals surface area contributed by atoms with Crippen molar-refractivity contribution in [3.8, 4) is 0 Å². The van der Waals surface area contributed by atoms with Gasteiger partial charge >= 0.3 is 12.1 Å². The number of carbonyl (C=O) groups is 2. The molecule has 1 saturated heterocycles. The summed E-state index contributed by atoms with van der Waals surface area (Å²) in [6, 6.07) is 0. The predicted molar refractivity (Wildman–Crippen MR) is 67.4 cm³/mol. The number of likely N-dealkylation sites (tertiary alicyclic amines) is 1. The van der Waals surface area contributed by atoms with Crippen molar-refractivity contribution in [2.45, 2.75) is 40.0 Å². The van der Waals surface area contributed by atoms with Gasteiger partial charge in [0.25, 0.3) is 0 Å². The second kappa shape index (κ2) is 6.07. The molecular weight excluding hydrogens is 234 g/mol. The van der Waals surface area contributed by atoms with Gasteiger partial charge in [0.05, 0.1) is 12.0 Å². The first-order valence-electron chi connectivity index (χ1n) is 6.46. The lowest BCUT2D eigenvalue weighted by atomic mass is 9.94. The Morgan fingerprint density at radius 2 is 1.83 bits per heavy atom. The molecule has 18 heavy (non-hydrogen) atoms. The summed E-state index contributed by atoms with van der Waals surface area (Å²) >= 11 is 0. The summed E-state index contributed by atoms with van der Waals surface area (Å²) in [5, 5.41) is 8.82. The topological polar surface area (TPSA) is 66.8 Å². The van der Waals surface area contributed by atoms with Crippen LogP contribution in [0.3, 0.4) is 0 Å². The van der Waals surface area contributed by atoms with Gasteiger partial charge in [0.15, 0.2) is 0 Å². The van der Waals surface area contributed by atoms with Gasteiger partial charge in [-0.05, 0) is 46.0 Å². The molecule has 0 aromatic carbocycles. The number of rotatable bonds is 3. The van der Waals surface area contributed by atoms with Crippen molar-refractivity contribution in [1.29, 1.82) is 0 Å². The molecule has 0 aromatic rings. The molecule has 1 aliphatic rings. The largest absolute Gasteiger partial charge is 0.465 e. The molecular formula is C13H23NO4. The average molecular weight is 257 g/mol. The van der Waals surface area contributed by atoms with Crippen molar-refractivity contribution in [2.24, 2.45) is 11.3 Å². The van der Waals surface area contributed by atoms with Gasteiger partial charge in [-0.3, -0.25) is 4.79 Å². The van der Waals surface area contributed by atoms with Gasteiger partial charge in [-0.2, -0.15) is 0 Å². The van der Waals surface area contributed by atoms with E-state index in [1.54, 1.807) is 0 Å². The normalized spacial score (nSPS) is 17.6. The smallest absolute Gasteiger partial charge is 0.407 e. The molecule has 1 amide bonds. The van der Waals surface area contributed by atoms with E-state index in [-0.39, 0.29) is 5.97 Å². The molecule has 5 nitrogen and oxygen atoms in total. The Balaban J connectivity index is 2.19. The maximum atomic E-state index is 11.5. The van der Waals surface area contributed by atoms with Crippen molar-refractivity contribution < 1.29 is 19.4 Å². The van der Waals surface area contributed by atoms with Crippen LogP contribution in [0.15, 0.2) is 0 Å². The van der Waals surface area contributed by atoms with E-state index in [1.807, 2.05) is 20.8 Å². The fourth-order valence-corrected chi connectivity index (χ4v) is 1.95. The Morgan fingerprint density at radius 1 is 1.28 bits per heavy atom. The monoisotopic (exact) mass is 257 g/mol. The molecule has 0 bridgehead atoms. The third-order valence-electron chi connectivity index (χ3n) is 3.26. The van der Waals surface area contributed by atoms with Crippen LogP contribution in [-0.4, -0.2) is 41.8 Å². The molecule has 104 valence electrons. The quantitative estimate of drug-likeness (QED) is 0.788. The third kappa shape index (κ3) is 4.55. The van der Waals surface area contributed by atoms with Gasteiger partial charge in [-0.1, -0.05) is 0 Å². The number of hydrogen-bond acceptors (Lipinski definition) is 3. The van der Waals surface area contributed by atoms with Crippen LogP contribution in [0.5, 0.6) is 0 Å². The van der Waals surface area contributed by atoms with Crippen molar-refractivity contribution >= 4 is 12.1 Å². The lowest BCUT2D eigenvalue weighted by Crippen LogP contribution is -2.37. The van der Waals surface area contributed by atoms with Crippen LogP contribution in [0, 0.1) is 11.3 Å². The SMILES string of the molecule is CC(C)(C)C(=O)OCCC1CCN(C(=O)O)CC1. The molecule has 0 atom stereocenters. The maximum absolute atomic E-state index is 11.5. The molecule has 1 rings (SSSR count). The minimum Gasteiger partial charge on any atom is -0.465 e. The molecule has 1 fully saturated rings. The van der Waals surface area contributed by atoms with E-state index in [9.17, 15) is 9.59 Å². The van der Waals surface area contributed by atoms with Crippen LogP contribution in [0.25, 0.3) is 0 Å². The molecule has 1 aliphatic heterocycles. The van der Waals surface area contributed by atoms with Crippen LogP contribution in [-0.2, 0) is 9.53 Å². The van der Waals surface area contributed by atoms with Crippen molar-refractivity contribution in [1.82, 2.24) is 4.90 Å². The van der Waals surface area contributed by atoms with Gasteiger partial charge in [-0.25, -0.2) is 4.79 Å². The Labute approximate surface area is 108 Å². The Kier molecular flexibility index (Phi) is 4.99. The van der Waals surface area contributed by atoms with Crippen LogP contribution in [0.4, 0.5) is 4.79 Å². The van der Waals surface area contributed by atoms with E-state index in [1.165, 1.54) is 4.90 Å². The molecule has 0 aliphatic carbocycles. The van der Waals surface area contributed by atoms with Crippen LogP contribution in [0.2, 0.25) is 0 Å². The first kappa shape index (κ1) is 14.8. The molecule has 5 heteroatoms. The molecule has 0 radical (unpaired) electrons. The number of carbonyl (C=O) groups excluding carboxylic acids is 1. The van der Waals surface area contributed by atoms with E-state index in [0.717, 1.165) is 19.3 Å². The van der Waals surface area contributed by atoms with E-state index < -0.39 is 11.5 Å². The Hall–Kier alpha value is -1.26. The Bertz CT molecular complexity index is 301. The van der Waals surface area contributed by atoms with Crippen LogP contribution in [0.1, 0.15) is 40.0 Å². The third-order valence-corrected chi connectivity index (χ3v) is 3.26. The van der Waals surface area contributed by atoms with Crippen LogP contribution >= 0.6 is 0 Å². The minimum absolute atomic E-state index is 0.175. The van der Waals surface area contributed by atoms with E-state index >= 15 is 0 Å². The number of carboxylic acid groups (broad SMARTS) is 1. The van der Waals surface area contributed by atoms with Crippen LogP contribution < -0.4 is 0 Å². The number of hydrogen-bond donors (Lipinski definition) is 1. The highest BCUT2D eigenvalue weighted by molar-refractivity contribution is 5.75. The van der Waals surface area contributed by atoms with Crippen molar-refractivity contribution in [3.63, 3.8) is 0 Å². The summed E-state index contributed by atoms with van der Waals surface area (Å²) in [5.74, 6) is 0.291. The molecule has 0 saturated carbocycles. The number of esters is 1. The van der Waals surface area contributed by atoms with Gasteiger partial charge in [0.2, 0.25) is 0 Å². The standard InChI is InChI=1S/C13H23NO4/c1-13(2,3)11(15)18-9-6-10-4-7-14(8-5-10)12(16)17/h10H,4-9H2,1-3H3,(H,16,17). The maximum Gasteiger partial charge on any atom is 0.407 e. The van der Waals surface area contributed by atoms with Crippen molar-refractivity contribution in [2.75, 3.05) is 19.7 Å². The Morgan fingerprint density at radius 3 is 2.28 bits per heavy atom. The number of amides is 1. The minimum atomic E-state index is -0.840. The fourth-order valence-electron chi connectivity index (χ4n) is 1.95. The summed E-state index contributed by atoms with van der Waals surface area (Å²) in [6.45, 7) is 7.12. The summed E-state index contributed by atoms with van der Waals surface area (Å²) in [4.78, 5) is 23.7. The fraction of sp³-hybridized carbons (Fsp3) is 0.846. The van der Waals surface area contributed by atoms with Gasteiger partial charge in [0, 0.05) is 13.1 Å². The first-order chi connectivity index (χ1) is 8.30. The van der Waals surface area contributed by atoms with Gasteiger partial charge in [-0.15, -0.1) is 0 Å². The summed E-state index contributed by atoms with van der Waals surface area (Å²) in [6.07, 6.45) is 1.71. The van der Waals surface area contributed by atoms with Gasteiger partial charge in [0.1, 0.15) is 0 Å². The van der Waals surface area contributed by atoms with E-state index in [0.29, 0.717) is 25.6 Å². The molecule has 0 spiro atoms.